The monoisotopic (exact) mass is 269 g/mol. The molecule has 2 aromatic rings. The molecular formula is C15H19N5. The van der Waals surface area contributed by atoms with E-state index in [0.717, 1.165) is 43.4 Å². The minimum atomic E-state index is 0.643. The number of hydrogen-bond acceptors (Lipinski definition) is 4. The van der Waals surface area contributed by atoms with Crippen LogP contribution in [0.25, 0.3) is 0 Å². The van der Waals surface area contributed by atoms with Gasteiger partial charge < -0.3 is 4.98 Å². The third-order valence-electron chi connectivity index (χ3n) is 4.10. The molecule has 2 aliphatic rings. The van der Waals surface area contributed by atoms with Crippen molar-refractivity contribution in [3.8, 4) is 0 Å². The molecule has 0 atom stereocenters. The van der Waals surface area contributed by atoms with Crippen molar-refractivity contribution < 1.29 is 0 Å². The molecule has 1 saturated carbocycles. The summed E-state index contributed by atoms with van der Waals surface area (Å²) < 4.78 is 0. The summed E-state index contributed by atoms with van der Waals surface area (Å²) in [7, 11) is 0. The van der Waals surface area contributed by atoms with Crippen molar-refractivity contribution in [1.82, 2.24) is 24.8 Å². The van der Waals surface area contributed by atoms with Gasteiger partial charge in [0.25, 0.3) is 0 Å². The predicted molar refractivity (Wildman–Crippen MR) is 75.1 cm³/mol. The largest absolute Gasteiger partial charge is 0.345 e. The fraction of sp³-hybridized carbons (Fsp3) is 0.533. The fourth-order valence-electron chi connectivity index (χ4n) is 2.82. The van der Waals surface area contributed by atoms with Gasteiger partial charge in [-0.15, -0.1) is 0 Å². The highest BCUT2D eigenvalue weighted by Crippen LogP contribution is 2.38. The van der Waals surface area contributed by atoms with Crippen molar-refractivity contribution in [2.24, 2.45) is 0 Å². The van der Waals surface area contributed by atoms with Crippen LogP contribution in [0.1, 0.15) is 47.4 Å². The average molecular weight is 269 g/mol. The summed E-state index contributed by atoms with van der Waals surface area (Å²) in [5.74, 6) is 2.75. The fourth-order valence-corrected chi connectivity index (χ4v) is 2.82. The molecule has 4 rings (SSSR count). The number of nitrogens with zero attached hydrogens (tertiary/aromatic N) is 4. The first-order valence-electron chi connectivity index (χ1n) is 7.35. The Kier molecular flexibility index (Phi) is 2.80. The van der Waals surface area contributed by atoms with Gasteiger partial charge in [0, 0.05) is 54.8 Å². The standard InChI is InChI=1S/C15H19N5/c1-10-6-16-14(18-10)9-20-5-4-13-12(8-20)7-17-15(19-13)11-2-3-11/h6-7,11H,2-5,8-9H2,1H3,(H,16,18). The lowest BCUT2D eigenvalue weighted by atomic mass is 10.1. The van der Waals surface area contributed by atoms with Gasteiger partial charge >= 0.3 is 0 Å². The Hall–Kier alpha value is -1.75. The van der Waals surface area contributed by atoms with Gasteiger partial charge in [0.2, 0.25) is 0 Å². The molecule has 0 saturated heterocycles. The van der Waals surface area contributed by atoms with E-state index >= 15 is 0 Å². The zero-order valence-electron chi connectivity index (χ0n) is 11.8. The van der Waals surface area contributed by atoms with E-state index < -0.39 is 0 Å². The molecule has 1 fully saturated rings. The third kappa shape index (κ3) is 2.33. The molecule has 2 aromatic heterocycles. The van der Waals surface area contributed by atoms with E-state index in [-0.39, 0.29) is 0 Å². The minimum Gasteiger partial charge on any atom is -0.345 e. The van der Waals surface area contributed by atoms with Crippen LogP contribution in [0.4, 0.5) is 0 Å². The van der Waals surface area contributed by atoms with Gasteiger partial charge in [-0.1, -0.05) is 0 Å². The van der Waals surface area contributed by atoms with Gasteiger partial charge in [-0.2, -0.15) is 0 Å². The Balaban J connectivity index is 1.48. The third-order valence-corrected chi connectivity index (χ3v) is 4.10. The van der Waals surface area contributed by atoms with Crippen molar-refractivity contribution in [3.05, 3.63) is 41.0 Å². The second kappa shape index (κ2) is 4.66. The smallest absolute Gasteiger partial charge is 0.131 e. The topological polar surface area (TPSA) is 57.7 Å². The molecule has 0 amide bonds. The first-order valence-corrected chi connectivity index (χ1v) is 7.35. The number of fused-ring (bicyclic) bond motifs is 1. The molecule has 20 heavy (non-hydrogen) atoms. The molecule has 1 aliphatic carbocycles. The number of aromatic amines is 1. The van der Waals surface area contributed by atoms with Crippen LogP contribution in [0, 0.1) is 6.92 Å². The number of rotatable bonds is 3. The molecule has 0 aromatic carbocycles. The maximum atomic E-state index is 4.76. The van der Waals surface area contributed by atoms with Crippen LogP contribution in [0.5, 0.6) is 0 Å². The van der Waals surface area contributed by atoms with Crippen molar-refractivity contribution in [2.75, 3.05) is 6.54 Å². The molecule has 5 nitrogen and oxygen atoms in total. The Morgan fingerprint density at radius 1 is 1.30 bits per heavy atom. The molecule has 3 heterocycles. The number of aryl methyl sites for hydroxylation is 1. The Morgan fingerprint density at radius 2 is 2.20 bits per heavy atom. The zero-order chi connectivity index (χ0) is 13.5. The summed E-state index contributed by atoms with van der Waals surface area (Å²) in [4.78, 5) is 19.4. The molecule has 0 radical (unpaired) electrons. The van der Waals surface area contributed by atoms with Crippen LogP contribution >= 0.6 is 0 Å². The van der Waals surface area contributed by atoms with Gasteiger partial charge in [0.05, 0.1) is 6.54 Å². The van der Waals surface area contributed by atoms with Crippen LogP contribution in [-0.2, 0) is 19.5 Å². The van der Waals surface area contributed by atoms with E-state index in [2.05, 4.69) is 19.9 Å². The van der Waals surface area contributed by atoms with Gasteiger partial charge in [-0.3, -0.25) is 4.90 Å². The lowest BCUT2D eigenvalue weighted by molar-refractivity contribution is 0.237. The van der Waals surface area contributed by atoms with Gasteiger partial charge in [-0.05, 0) is 19.8 Å². The highest BCUT2D eigenvalue weighted by Gasteiger charge is 2.28. The van der Waals surface area contributed by atoms with Gasteiger partial charge in [0.1, 0.15) is 11.6 Å². The number of hydrogen-bond donors (Lipinski definition) is 1. The highest BCUT2D eigenvalue weighted by molar-refractivity contribution is 5.22. The number of imidazole rings is 1. The number of aromatic nitrogens is 4. The lowest BCUT2D eigenvalue weighted by Crippen LogP contribution is -2.31. The van der Waals surface area contributed by atoms with Crippen molar-refractivity contribution in [2.45, 2.75) is 45.2 Å². The van der Waals surface area contributed by atoms with Crippen LogP contribution in [0.3, 0.4) is 0 Å². The van der Waals surface area contributed by atoms with Crippen molar-refractivity contribution in [1.29, 1.82) is 0 Å². The summed E-state index contributed by atoms with van der Waals surface area (Å²) in [5, 5.41) is 0. The van der Waals surface area contributed by atoms with Gasteiger partial charge in [-0.25, -0.2) is 15.0 Å². The molecule has 104 valence electrons. The Labute approximate surface area is 118 Å². The molecule has 0 bridgehead atoms. The van der Waals surface area contributed by atoms with E-state index in [4.69, 9.17) is 4.98 Å². The summed E-state index contributed by atoms with van der Waals surface area (Å²) in [5.41, 5.74) is 3.66. The quantitative estimate of drug-likeness (QED) is 0.925. The number of nitrogens with one attached hydrogen (secondary N) is 1. The lowest BCUT2D eigenvalue weighted by Gasteiger charge is -2.27. The van der Waals surface area contributed by atoms with Crippen LogP contribution in [0.15, 0.2) is 12.4 Å². The Morgan fingerprint density at radius 3 is 2.95 bits per heavy atom. The molecule has 0 unspecified atom stereocenters. The second-order valence-corrected chi connectivity index (χ2v) is 5.95. The molecule has 1 aliphatic heterocycles. The molecule has 1 N–H and O–H groups in total. The summed E-state index contributed by atoms with van der Waals surface area (Å²) in [6.45, 7) is 4.89. The summed E-state index contributed by atoms with van der Waals surface area (Å²) >= 11 is 0. The van der Waals surface area contributed by atoms with E-state index in [1.54, 1.807) is 0 Å². The molecular weight excluding hydrogens is 250 g/mol. The van der Waals surface area contributed by atoms with Crippen LogP contribution in [-0.4, -0.2) is 31.4 Å². The second-order valence-electron chi connectivity index (χ2n) is 5.95. The van der Waals surface area contributed by atoms with E-state index in [0.29, 0.717) is 5.92 Å². The van der Waals surface area contributed by atoms with E-state index in [1.807, 2.05) is 19.3 Å². The Bertz CT molecular complexity index is 629. The maximum absolute atomic E-state index is 4.76. The van der Waals surface area contributed by atoms with Crippen molar-refractivity contribution in [3.63, 3.8) is 0 Å². The van der Waals surface area contributed by atoms with E-state index in [1.165, 1.54) is 24.1 Å². The minimum absolute atomic E-state index is 0.643. The number of H-pyrrole nitrogens is 1. The van der Waals surface area contributed by atoms with Crippen LogP contribution < -0.4 is 0 Å². The highest BCUT2D eigenvalue weighted by atomic mass is 15.2. The SMILES string of the molecule is Cc1cnc(CN2CCc3nc(C4CC4)ncc3C2)[nH]1. The zero-order valence-corrected chi connectivity index (χ0v) is 11.8. The van der Waals surface area contributed by atoms with E-state index in [9.17, 15) is 0 Å². The molecule has 0 spiro atoms. The summed E-state index contributed by atoms with van der Waals surface area (Å²) in [6.07, 6.45) is 7.48. The molecule has 5 heteroatoms. The average Bonchev–Trinajstić information content (AvgIpc) is 3.22. The van der Waals surface area contributed by atoms with Gasteiger partial charge in [0.15, 0.2) is 0 Å². The summed E-state index contributed by atoms with van der Waals surface area (Å²) in [6, 6.07) is 0. The first kappa shape index (κ1) is 12.0. The maximum Gasteiger partial charge on any atom is 0.131 e. The predicted octanol–water partition coefficient (Wildman–Crippen LogP) is 1.94. The van der Waals surface area contributed by atoms with Crippen LogP contribution in [0.2, 0.25) is 0 Å². The van der Waals surface area contributed by atoms with Crippen molar-refractivity contribution >= 4 is 0 Å². The normalized spacial score (nSPS) is 19.1. The first-order chi connectivity index (χ1) is 9.78.